The van der Waals surface area contributed by atoms with E-state index in [-0.39, 0.29) is 5.91 Å². The largest absolute Gasteiger partial charge is 0.421 e. The van der Waals surface area contributed by atoms with Gasteiger partial charge in [0.2, 0.25) is 17.7 Å². The van der Waals surface area contributed by atoms with Gasteiger partial charge < -0.3 is 9.73 Å². The number of aliphatic imine (C=N–C) groups is 1. The fourth-order valence-electron chi connectivity index (χ4n) is 1.87. The summed E-state index contributed by atoms with van der Waals surface area (Å²) < 4.78 is 5.55. The molecule has 0 bridgehead atoms. The van der Waals surface area contributed by atoms with Gasteiger partial charge in [-0.05, 0) is 12.1 Å². The Morgan fingerprint density at radius 1 is 1.29 bits per heavy atom. The average molecular weight is 302 g/mol. The summed E-state index contributed by atoms with van der Waals surface area (Å²) in [5.41, 5.74) is 0.873. The summed E-state index contributed by atoms with van der Waals surface area (Å²) in [6.45, 7) is 0.768. The van der Waals surface area contributed by atoms with Crippen molar-refractivity contribution in [1.82, 2.24) is 15.5 Å². The lowest BCUT2D eigenvalue weighted by Crippen LogP contribution is -2.27. The van der Waals surface area contributed by atoms with Crippen molar-refractivity contribution in [3.63, 3.8) is 0 Å². The van der Waals surface area contributed by atoms with Gasteiger partial charge in [0, 0.05) is 24.2 Å². The molecular formula is C14H14N4O2S. The minimum absolute atomic E-state index is 0.0809. The van der Waals surface area contributed by atoms with Gasteiger partial charge in [-0.1, -0.05) is 30.0 Å². The van der Waals surface area contributed by atoms with Crippen molar-refractivity contribution in [2.75, 3.05) is 12.3 Å². The highest BCUT2D eigenvalue weighted by molar-refractivity contribution is 8.14. The topological polar surface area (TPSA) is 80.4 Å². The van der Waals surface area contributed by atoms with Gasteiger partial charge in [-0.2, -0.15) is 0 Å². The second-order valence-electron chi connectivity index (χ2n) is 4.45. The van der Waals surface area contributed by atoms with Crippen LogP contribution in [0, 0.1) is 0 Å². The standard InChI is InChI=1S/C14H14N4O2S/c19-11(16-14-15-8-9-21-14)6-7-12-17-18-13(20-12)10-4-2-1-3-5-10/h1-5H,6-9H2,(H,15,16,19). The molecule has 0 atom stereocenters. The molecule has 6 nitrogen and oxygen atoms in total. The Hall–Kier alpha value is -2.15. The van der Waals surface area contributed by atoms with Crippen LogP contribution in [0.4, 0.5) is 0 Å². The summed E-state index contributed by atoms with van der Waals surface area (Å²) in [7, 11) is 0. The molecule has 1 N–H and O–H groups in total. The molecule has 1 aromatic heterocycles. The molecule has 108 valence electrons. The summed E-state index contributed by atoms with van der Waals surface area (Å²) >= 11 is 1.56. The van der Waals surface area contributed by atoms with Crippen molar-refractivity contribution in [1.29, 1.82) is 0 Å². The number of benzene rings is 1. The Kier molecular flexibility index (Phi) is 4.30. The zero-order valence-electron chi connectivity index (χ0n) is 11.3. The van der Waals surface area contributed by atoms with Crippen LogP contribution in [-0.4, -0.2) is 33.6 Å². The number of aryl methyl sites for hydroxylation is 1. The van der Waals surface area contributed by atoms with Gasteiger partial charge in [-0.15, -0.1) is 10.2 Å². The van der Waals surface area contributed by atoms with Crippen LogP contribution in [0.1, 0.15) is 12.3 Å². The van der Waals surface area contributed by atoms with Crippen molar-refractivity contribution in [2.24, 2.45) is 4.99 Å². The molecule has 3 rings (SSSR count). The van der Waals surface area contributed by atoms with Crippen LogP contribution in [0.3, 0.4) is 0 Å². The molecule has 0 saturated carbocycles. The molecule has 0 unspecified atom stereocenters. The van der Waals surface area contributed by atoms with Crippen LogP contribution in [0.5, 0.6) is 0 Å². The third-order valence-corrected chi connectivity index (χ3v) is 3.78. The Labute approximate surface area is 126 Å². The summed E-state index contributed by atoms with van der Waals surface area (Å²) in [5.74, 6) is 1.79. The van der Waals surface area contributed by atoms with Crippen molar-refractivity contribution in [2.45, 2.75) is 12.8 Å². The van der Waals surface area contributed by atoms with Gasteiger partial charge >= 0.3 is 0 Å². The van der Waals surface area contributed by atoms with Crippen LogP contribution in [0.2, 0.25) is 0 Å². The van der Waals surface area contributed by atoms with Crippen LogP contribution >= 0.6 is 11.8 Å². The number of carbonyl (C=O) groups is 1. The number of nitrogens with zero attached hydrogens (tertiary/aromatic N) is 3. The molecule has 0 saturated heterocycles. The second kappa shape index (κ2) is 6.53. The van der Waals surface area contributed by atoms with E-state index in [4.69, 9.17) is 4.42 Å². The number of amidine groups is 1. The van der Waals surface area contributed by atoms with Crippen LogP contribution in [0.25, 0.3) is 11.5 Å². The molecule has 1 amide bonds. The summed E-state index contributed by atoms with van der Waals surface area (Å²) in [4.78, 5) is 15.9. The lowest BCUT2D eigenvalue weighted by molar-refractivity contribution is -0.119. The van der Waals surface area contributed by atoms with Crippen LogP contribution in [0.15, 0.2) is 39.7 Å². The summed E-state index contributed by atoms with van der Waals surface area (Å²) in [6.07, 6.45) is 0.722. The first-order chi connectivity index (χ1) is 10.3. The predicted octanol–water partition coefficient (Wildman–Crippen LogP) is 1.89. The van der Waals surface area contributed by atoms with E-state index in [2.05, 4.69) is 20.5 Å². The highest BCUT2D eigenvalue weighted by Gasteiger charge is 2.13. The van der Waals surface area contributed by atoms with E-state index in [1.165, 1.54) is 0 Å². The molecule has 1 aliphatic heterocycles. The number of aromatic nitrogens is 2. The third-order valence-electron chi connectivity index (χ3n) is 2.89. The van der Waals surface area contributed by atoms with E-state index >= 15 is 0 Å². The van der Waals surface area contributed by atoms with Gasteiger partial charge in [0.15, 0.2) is 5.17 Å². The molecule has 0 radical (unpaired) electrons. The molecule has 0 spiro atoms. The quantitative estimate of drug-likeness (QED) is 0.933. The van der Waals surface area contributed by atoms with Crippen molar-refractivity contribution in [3.05, 3.63) is 36.2 Å². The molecule has 1 aliphatic rings. The molecule has 2 aromatic rings. The smallest absolute Gasteiger partial charge is 0.247 e. The van der Waals surface area contributed by atoms with Crippen molar-refractivity contribution < 1.29 is 9.21 Å². The lowest BCUT2D eigenvalue weighted by atomic mass is 10.2. The van der Waals surface area contributed by atoms with Crippen LogP contribution < -0.4 is 5.32 Å². The van der Waals surface area contributed by atoms with Crippen molar-refractivity contribution >= 4 is 22.8 Å². The Morgan fingerprint density at radius 3 is 2.90 bits per heavy atom. The number of thioether (sulfide) groups is 1. The number of amides is 1. The maximum atomic E-state index is 11.8. The number of carbonyl (C=O) groups excluding carboxylic acids is 1. The molecule has 7 heteroatoms. The van der Waals surface area contributed by atoms with Gasteiger partial charge in [0.25, 0.3) is 0 Å². The third kappa shape index (κ3) is 3.69. The first-order valence-corrected chi connectivity index (χ1v) is 7.65. The highest BCUT2D eigenvalue weighted by Crippen LogP contribution is 2.17. The van der Waals surface area contributed by atoms with E-state index in [1.54, 1.807) is 11.8 Å². The molecule has 0 fully saturated rings. The first-order valence-electron chi connectivity index (χ1n) is 6.66. The second-order valence-corrected chi connectivity index (χ2v) is 5.53. The van der Waals surface area contributed by atoms with Gasteiger partial charge in [-0.3, -0.25) is 9.79 Å². The zero-order chi connectivity index (χ0) is 14.5. The highest BCUT2D eigenvalue weighted by atomic mass is 32.2. The maximum absolute atomic E-state index is 11.8. The predicted molar refractivity (Wildman–Crippen MR) is 81.0 cm³/mol. The Bertz CT molecular complexity index is 654. The fraction of sp³-hybridized carbons (Fsp3) is 0.286. The van der Waals surface area contributed by atoms with Gasteiger partial charge in [0.05, 0.1) is 6.54 Å². The minimum Gasteiger partial charge on any atom is -0.421 e. The van der Waals surface area contributed by atoms with E-state index in [1.807, 2.05) is 30.3 Å². The normalized spacial score (nSPS) is 14.0. The molecule has 21 heavy (non-hydrogen) atoms. The van der Waals surface area contributed by atoms with Gasteiger partial charge in [-0.25, -0.2) is 0 Å². The number of hydrogen-bond donors (Lipinski definition) is 1. The van der Waals surface area contributed by atoms with E-state index < -0.39 is 0 Å². The van der Waals surface area contributed by atoms with Crippen LogP contribution in [-0.2, 0) is 11.2 Å². The minimum atomic E-state index is -0.0809. The number of hydrogen-bond acceptors (Lipinski definition) is 6. The fourth-order valence-corrected chi connectivity index (χ4v) is 2.61. The Morgan fingerprint density at radius 2 is 2.14 bits per heavy atom. The maximum Gasteiger partial charge on any atom is 0.247 e. The lowest BCUT2D eigenvalue weighted by Gasteiger charge is -2.01. The molecule has 1 aromatic carbocycles. The SMILES string of the molecule is O=C(CCc1nnc(-c2ccccc2)o1)NC1=NCCS1. The zero-order valence-corrected chi connectivity index (χ0v) is 12.1. The van der Waals surface area contributed by atoms with E-state index in [0.717, 1.165) is 17.9 Å². The number of nitrogens with one attached hydrogen (secondary N) is 1. The van der Waals surface area contributed by atoms with Gasteiger partial charge in [0.1, 0.15) is 0 Å². The molecule has 0 aliphatic carbocycles. The Balaban J connectivity index is 1.54. The summed E-state index contributed by atoms with van der Waals surface area (Å²) in [5, 5.41) is 11.4. The van der Waals surface area contributed by atoms with E-state index in [9.17, 15) is 4.79 Å². The average Bonchev–Trinajstić information content (AvgIpc) is 3.17. The summed E-state index contributed by atoms with van der Waals surface area (Å²) in [6, 6.07) is 9.55. The first kappa shape index (κ1) is 13.8. The molecular weight excluding hydrogens is 288 g/mol. The van der Waals surface area contributed by atoms with Crippen molar-refractivity contribution in [3.8, 4) is 11.5 Å². The molecule has 2 heterocycles. The number of rotatable bonds is 4. The monoisotopic (exact) mass is 302 g/mol. The van der Waals surface area contributed by atoms with E-state index in [0.29, 0.717) is 29.8 Å².